The van der Waals surface area contributed by atoms with Crippen molar-refractivity contribution >= 4 is 0 Å². The molecule has 2 unspecified atom stereocenters. The molecule has 0 aromatic carbocycles. The first-order valence-corrected chi connectivity index (χ1v) is 6.53. The van der Waals surface area contributed by atoms with E-state index in [-0.39, 0.29) is 11.7 Å². The summed E-state index contributed by atoms with van der Waals surface area (Å²) in [6, 6.07) is 0. The maximum absolute atomic E-state index is 10.2. The van der Waals surface area contributed by atoms with E-state index < -0.39 is 6.10 Å². The number of rotatable bonds is 2. The van der Waals surface area contributed by atoms with Crippen molar-refractivity contribution in [3.63, 3.8) is 0 Å². The zero-order chi connectivity index (χ0) is 13.4. The third kappa shape index (κ3) is 2.17. The molecule has 2 nitrogen and oxygen atoms in total. The molecule has 0 aliphatic heterocycles. The van der Waals surface area contributed by atoms with Crippen molar-refractivity contribution in [1.82, 2.24) is 0 Å². The Morgan fingerprint density at radius 3 is 2.56 bits per heavy atom. The second kappa shape index (κ2) is 4.77. The lowest BCUT2D eigenvalue weighted by molar-refractivity contribution is 0.224. The second-order valence-corrected chi connectivity index (χ2v) is 5.66. The van der Waals surface area contributed by atoms with Gasteiger partial charge < -0.3 is 10.2 Å². The molecule has 18 heavy (non-hydrogen) atoms. The summed E-state index contributed by atoms with van der Waals surface area (Å²) in [5, 5.41) is 20.3. The van der Waals surface area contributed by atoms with Crippen molar-refractivity contribution < 1.29 is 10.2 Å². The molecule has 2 heteroatoms. The second-order valence-electron chi connectivity index (χ2n) is 5.66. The van der Waals surface area contributed by atoms with E-state index in [9.17, 15) is 10.2 Å². The zero-order valence-corrected chi connectivity index (χ0v) is 11.4. The molecule has 98 valence electrons. The van der Waals surface area contributed by atoms with Crippen LogP contribution in [-0.4, -0.2) is 16.3 Å². The predicted octanol–water partition coefficient (Wildman–Crippen LogP) is 3.67. The number of aliphatic hydroxyl groups excluding tert-OH is 2. The Morgan fingerprint density at radius 1 is 1.39 bits per heavy atom. The molecular formula is C16H22O2. The highest BCUT2D eigenvalue weighted by Crippen LogP contribution is 2.42. The van der Waals surface area contributed by atoms with Gasteiger partial charge in [0.1, 0.15) is 11.9 Å². The van der Waals surface area contributed by atoms with Crippen molar-refractivity contribution in [2.24, 2.45) is 11.8 Å². The Labute approximate surface area is 109 Å². The van der Waals surface area contributed by atoms with Crippen LogP contribution in [0.15, 0.2) is 46.8 Å². The molecule has 2 N–H and O–H groups in total. The van der Waals surface area contributed by atoms with Crippen LogP contribution in [0.5, 0.6) is 0 Å². The highest BCUT2D eigenvalue weighted by Gasteiger charge is 2.35. The SMILES string of the molecule is C=C(C)C1CCC(C)=CC1C1=C(O)C=C(C)[C@H]1O. The van der Waals surface area contributed by atoms with Gasteiger partial charge in [0.2, 0.25) is 0 Å². The molecular weight excluding hydrogens is 224 g/mol. The standard InChI is InChI=1S/C16H22O2/c1-9(2)12-6-5-10(3)7-13(12)15-14(17)8-11(4)16(15)18/h7-8,12-13,16-18H,1,5-6H2,2-4H3/t12?,13?,16-/m1/s1. The fraction of sp³-hybridized carbons (Fsp3) is 0.500. The van der Waals surface area contributed by atoms with E-state index >= 15 is 0 Å². The summed E-state index contributed by atoms with van der Waals surface area (Å²) in [4.78, 5) is 0. The first-order valence-electron chi connectivity index (χ1n) is 6.53. The fourth-order valence-electron chi connectivity index (χ4n) is 3.04. The van der Waals surface area contributed by atoms with Gasteiger partial charge in [0.25, 0.3) is 0 Å². The van der Waals surface area contributed by atoms with Crippen molar-refractivity contribution in [3.8, 4) is 0 Å². The zero-order valence-electron chi connectivity index (χ0n) is 11.4. The van der Waals surface area contributed by atoms with Crippen molar-refractivity contribution in [2.45, 2.75) is 39.7 Å². The van der Waals surface area contributed by atoms with Crippen LogP contribution in [0.3, 0.4) is 0 Å². The minimum absolute atomic E-state index is 0.0833. The summed E-state index contributed by atoms with van der Waals surface area (Å²) in [5.41, 5.74) is 4.02. The van der Waals surface area contributed by atoms with Gasteiger partial charge in [-0.3, -0.25) is 0 Å². The molecule has 0 saturated carbocycles. The number of aliphatic hydroxyl groups is 2. The number of hydrogen-bond donors (Lipinski definition) is 2. The maximum atomic E-state index is 10.2. The van der Waals surface area contributed by atoms with E-state index in [0.29, 0.717) is 5.92 Å². The van der Waals surface area contributed by atoms with Gasteiger partial charge in [-0.05, 0) is 51.2 Å². The van der Waals surface area contributed by atoms with Gasteiger partial charge >= 0.3 is 0 Å². The molecule has 0 radical (unpaired) electrons. The van der Waals surface area contributed by atoms with Gasteiger partial charge in [0.05, 0.1) is 0 Å². The van der Waals surface area contributed by atoms with Crippen molar-refractivity contribution in [3.05, 3.63) is 46.8 Å². The monoisotopic (exact) mass is 246 g/mol. The maximum Gasteiger partial charge on any atom is 0.118 e. The molecule has 0 bridgehead atoms. The largest absolute Gasteiger partial charge is 0.508 e. The normalized spacial score (nSPS) is 32.3. The van der Waals surface area contributed by atoms with Gasteiger partial charge in [-0.25, -0.2) is 0 Å². The lowest BCUT2D eigenvalue weighted by Gasteiger charge is -2.32. The van der Waals surface area contributed by atoms with E-state index in [1.165, 1.54) is 5.57 Å². The van der Waals surface area contributed by atoms with E-state index in [1.54, 1.807) is 6.08 Å². The van der Waals surface area contributed by atoms with Crippen LogP contribution in [0.2, 0.25) is 0 Å². The molecule has 2 aliphatic carbocycles. The quantitative estimate of drug-likeness (QED) is 0.730. The van der Waals surface area contributed by atoms with Crippen LogP contribution < -0.4 is 0 Å². The molecule has 0 heterocycles. The number of hydrogen-bond acceptors (Lipinski definition) is 2. The third-order valence-corrected chi connectivity index (χ3v) is 4.13. The number of allylic oxidation sites excluding steroid dienone is 4. The van der Waals surface area contributed by atoms with Gasteiger partial charge in [-0.15, -0.1) is 0 Å². The highest BCUT2D eigenvalue weighted by molar-refractivity contribution is 5.43. The van der Waals surface area contributed by atoms with Crippen molar-refractivity contribution in [1.29, 1.82) is 0 Å². The summed E-state index contributed by atoms with van der Waals surface area (Å²) in [5.74, 6) is 0.641. The Hall–Kier alpha value is -1.28. The molecule has 0 aromatic heterocycles. The van der Waals surface area contributed by atoms with Crippen LogP contribution in [-0.2, 0) is 0 Å². The average molecular weight is 246 g/mol. The van der Waals surface area contributed by atoms with E-state index in [4.69, 9.17) is 0 Å². The molecule has 0 aromatic rings. The van der Waals surface area contributed by atoms with Gasteiger partial charge in [0, 0.05) is 11.5 Å². The Morgan fingerprint density at radius 2 is 2.06 bits per heavy atom. The summed E-state index contributed by atoms with van der Waals surface area (Å²) in [6.45, 7) is 10.1. The Bertz CT molecular complexity index is 465. The smallest absolute Gasteiger partial charge is 0.118 e. The van der Waals surface area contributed by atoms with Crippen LogP contribution in [0, 0.1) is 11.8 Å². The molecule has 2 rings (SSSR count). The molecule has 3 atom stereocenters. The van der Waals surface area contributed by atoms with Gasteiger partial charge in [-0.1, -0.05) is 23.8 Å². The minimum Gasteiger partial charge on any atom is -0.508 e. The summed E-state index contributed by atoms with van der Waals surface area (Å²) < 4.78 is 0. The van der Waals surface area contributed by atoms with Crippen LogP contribution in [0.4, 0.5) is 0 Å². The average Bonchev–Trinajstić information content (AvgIpc) is 2.52. The summed E-state index contributed by atoms with van der Waals surface area (Å²) in [7, 11) is 0. The lowest BCUT2D eigenvalue weighted by Crippen LogP contribution is -2.26. The summed E-state index contributed by atoms with van der Waals surface area (Å²) in [6.07, 6.45) is 5.34. The highest BCUT2D eigenvalue weighted by atomic mass is 16.3. The van der Waals surface area contributed by atoms with Gasteiger partial charge in [0.15, 0.2) is 0 Å². The first kappa shape index (κ1) is 13.2. The van der Waals surface area contributed by atoms with Crippen LogP contribution >= 0.6 is 0 Å². The van der Waals surface area contributed by atoms with E-state index in [0.717, 1.165) is 29.6 Å². The molecule has 0 saturated heterocycles. The van der Waals surface area contributed by atoms with E-state index in [2.05, 4.69) is 19.6 Å². The van der Waals surface area contributed by atoms with Gasteiger partial charge in [-0.2, -0.15) is 0 Å². The third-order valence-electron chi connectivity index (χ3n) is 4.13. The lowest BCUT2D eigenvalue weighted by atomic mass is 9.73. The Balaban J connectivity index is 2.39. The fourth-order valence-corrected chi connectivity index (χ4v) is 3.04. The van der Waals surface area contributed by atoms with Crippen LogP contribution in [0.1, 0.15) is 33.6 Å². The van der Waals surface area contributed by atoms with E-state index in [1.807, 2.05) is 13.8 Å². The topological polar surface area (TPSA) is 40.5 Å². The Kier molecular flexibility index (Phi) is 3.49. The predicted molar refractivity (Wildman–Crippen MR) is 74.2 cm³/mol. The molecule has 2 aliphatic rings. The minimum atomic E-state index is -0.640. The molecule has 0 amide bonds. The molecule has 0 spiro atoms. The van der Waals surface area contributed by atoms with Crippen molar-refractivity contribution in [2.75, 3.05) is 0 Å². The molecule has 0 fully saturated rings. The first-order chi connectivity index (χ1) is 8.41. The summed E-state index contributed by atoms with van der Waals surface area (Å²) >= 11 is 0. The van der Waals surface area contributed by atoms with Crippen LogP contribution in [0.25, 0.3) is 0 Å².